The van der Waals surface area contributed by atoms with Gasteiger partial charge in [-0.15, -0.1) is 0 Å². The van der Waals surface area contributed by atoms with E-state index < -0.39 is 3.25 Å². The van der Waals surface area contributed by atoms with Gasteiger partial charge in [0.15, 0.2) is 0 Å². The van der Waals surface area contributed by atoms with Gasteiger partial charge in [-0.05, 0) is 0 Å². The normalized spacial score (nSPS) is 8.94. The zero-order valence-electron chi connectivity index (χ0n) is 7.69. The topological polar surface area (TPSA) is 0 Å². The molecule has 1 aromatic carbocycles. The quantitative estimate of drug-likeness (QED) is 0.448. The third kappa shape index (κ3) is 36.3. The summed E-state index contributed by atoms with van der Waals surface area (Å²) in [6.45, 7) is 0. The number of rotatable bonds is 0. The van der Waals surface area contributed by atoms with Gasteiger partial charge in [0.1, 0.15) is 4.49 Å². The van der Waals surface area contributed by atoms with Crippen molar-refractivity contribution in [3.63, 3.8) is 0 Å². The minimum Gasteiger partial charge on any atom is -0.0904 e. The Morgan fingerprint density at radius 1 is 0.750 bits per heavy atom. The van der Waals surface area contributed by atoms with Gasteiger partial charge in [0.2, 0.25) is 0 Å². The molecule has 0 nitrogen and oxygen atoms in total. The summed E-state index contributed by atoms with van der Waals surface area (Å²) in [6, 6.07) is 12.0. The van der Waals surface area contributed by atoms with Gasteiger partial charge in [-0.2, -0.15) is 0 Å². The van der Waals surface area contributed by atoms with Crippen LogP contribution in [-0.4, -0.2) is 3.25 Å². The number of alkyl halides is 4. The Balaban J connectivity index is 0. The molecule has 92 valence electrons. The molecular formula is C9H7Cl7. The van der Waals surface area contributed by atoms with E-state index in [1.807, 2.05) is 36.4 Å². The van der Waals surface area contributed by atoms with Gasteiger partial charge >= 0.3 is 0 Å². The van der Waals surface area contributed by atoms with E-state index >= 15 is 0 Å². The molecule has 0 saturated heterocycles. The molecule has 0 spiro atoms. The van der Waals surface area contributed by atoms with Crippen molar-refractivity contribution in [2.24, 2.45) is 0 Å². The van der Waals surface area contributed by atoms with E-state index in [9.17, 15) is 0 Å². The molecule has 0 aliphatic rings. The molecule has 0 N–H and O–H groups in total. The van der Waals surface area contributed by atoms with Gasteiger partial charge in [0, 0.05) is 5.54 Å². The number of hydrogen-bond donors (Lipinski definition) is 0. The van der Waals surface area contributed by atoms with Gasteiger partial charge in [-0.1, -0.05) is 118 Å². The van der Waals surface area contributed by atoms with Crippen molar-refractivity contribution in [2.75, 3.05) is 0 Å². The van der Waals surface area contributed by atoms with Gasteiger partial charge < -0.3 is 0 Å². The molecule has 0 aromatic heterocycles. The smallest absolute Gasteiger partial charge is 0.0904 e. The van der Waals surface area contributed by atoms with Crippen molar-refractivity contribution in [1.82, 2.24) is 0 Å². The van der Waals surface area contributed by atoms with Crippen molar-refractivity contribution in [2.45, 2.75) is 3.25 Å². The summed E-state index contributed by atoms with van der Waals surface area (Å²) in [5, 5.41) is 0. The van der Waals surface area contributed by atoms with E-state index in [2.05, 4.69) is 0 Å². The molecule has 0 heterocycles. The summed E-state index contributed by atoms with van der Waals surface area (Å²) in [6.07, 6.45) is 0. The van der Waals surface area contributed by atoms with Crippen LogP contribution in [0.25, 0.3) is 0 Å². The molecule has 1 rings (SSSR count). The third-order valence-electron chi connectivity index (χ3n) is 0.749. The van der Waals surface area contributed by atoms with Crippen LogP contribution in [-0.2, 0) is 0 Å². The van der Waals surface area contributed by atoms with E-state index in [-0.39, 0.29) is 4.49 Å². The Bertz CT molecular complexity index is 228. The standard InChI is InChI=1S/C6H6.C2HCl3.CCl4/c1-2-4-6-5-3-1;3-1-2(4)5;2-1(3,4)5/h1-6H;1H;. The fourth-order valence-electron chi connectivity index (χ4n) is 0.385. The number of hydrogen-bond acceptors (Lipinski definition) is 0. The van der Waals surface area contributed by atoms with Crippen LogP contribution in [0.15, 0.2) is 46.4 Å². The van der Waals surface area contributed by atoms with Crippen LogP contribution in [0.4, 0.5) is 0 Å². The van der Waals surface area contributed by atoms with Gasteiger partial charge in [0.25, 0.3) is 3.25 Å². The van der Waals surface area contributed by atoms with E-state index in [0.29, 0.717) is 0 Å². The van der Waals surface area contributed by atoms with Crippen molar-refractivity contribution in [1.29, 1.82) is 0 Å². The Kier molecular flexibility index (Phi) is 15.0. The Hall–Kier alpha value is 0.990. The molecule has 7 heteroatoms. The van der Waals surface area contributed by atoms with E-state index in [4.69, 9.17) is 81.2 Å². The molecule has 0 atom stereocenters. The maximum Gasteiger partial charge on any atom is 0.266 e. The van der Waals surface area contributed by atoms with Crippen molar-refractivity contribution in [3.05, 3.63) is 46.4 Å². The number of benzene rings is 1. The highest BCUT2D eigenvalue weighted by atomic mass is 35.6. The molecule has 0 unspecified atom stereocenters. The third-order valence-corrected chi connectivity index (χ3v) is 1.41. The lowest BCUT2D eigenvalue weighted by molar-refractivity contribution is 1.72. The fourth-order valence-corrected chi connectivity index (χ4v) is 0.385. The summed E-state index contributed by atoms with van der Waals surface area (Å²) in [5.41, 5.74) is 1.09. The van der Waals surface area contributed by atoms with Crippen molar-refractivity contribution >= 4 is 81.2 Å². The maximum absolute atomic E-state index is 4.96. The minimum absolute atomic E-state index is 0.0895. The first-order valence-electron chi connectivity index (χ1n) is 3.64. The largest absolute Gasteiger partial charge is 0.266 e. The zero-order valence-corrected chi connectivity index (χ0v) is 13.0. The van der Waals surface area contributed by atoms with Crippen LogP contribution in [0.5, 0.6) is 0 Å². The molecule has 0 bridgehead atoms. The Labute approximate surface area is 130 Å². The highest BCUT2D eigenvalue weighted by Crippen LogP contribution is 2.29. The molecule has 0 aliphatic carbocycles. The second-order valence-electron chi connectivity index (χ2n) is 1.98. The fraction of sp³-hybridized carbons (Fsp3) is 0.111. The molecule has 1 aromatic rings. The highest BCUT2D eigenvalue weighted by Gasteiger charge is 2.11. The van der Waals surface area contributed by atoms with Crippen molar-refractivity contribution in [3.8, 4) is 0 Å². The van der Waals surface area contributed by atoms with Gasteiger partial charge in [-0.25, -0.2) is 0 Å². The average molecular weight is 363 g/mol. The summed E-state index contributed by atoms with van der Waals surface area (Å²) in [4.78, 5) is 0. The van der Waals surface area contributed by atoms with Crippen LogP contribution in [0.1, 0.15) is 0 Å². The minimum atomic E-state index is -1.61. The average Bonchev–Trinajstić information content (AvgIpc) is 2.19. The predicted molar refractivity (Wildman–Crippen MR) is 78.2 cm³/mol. The Morgan fingerprint density at radius 2 is 0.875 bits per heavy atom. The second kappa shape index (κ2) is 12.4. The second-order valence-corrected chi connectivity index (χ2v) is 6.64. The van der Waals surface area contributed by atoms with Gasteiger partial charge in [-0.3, -0.25) is 0 Å². The highest BCUT2D eigenvalue weighted by molar-refractivity contribution is 6.83. The van der Waals surface area contributed by atoms with Crippen LogP contribution >= 0.6 is 81.2 Å². The van der Waals surface area contributed by atoms with Crippen LogP contribution in [0.3, 0.4) is 0 Å². The number of halogens is 7. The first-order valence-corrected chi connectivity index (χ1v) is 6.35. The predicted octanol–water partition coefficient (Wildman–Crippen LogP) is 6.74. The molecule has 16 heavy (non-hydrogen) atoms. The van der Waals surface area contributed by atoms with E-state index in [1.165, 1.54) is 0 Å². The lowest BCUT2D eigenvalue weighted by Crippen LogP contribution is -1.81. The summed E-state index contributed by atoms with van der Waals surface area (Å²) < 4.78 is -1.52. The lowest BCUT2D eigenvalue weighted by Gasteiger charge is -1.91. The SMILES string of the molecule is ClC(Cl)(Cl)Cl.ClC=C(Cl)Cl.c1ccccc1. The molecule has 0 aliphatic heterocycles. The summed E-state index contributed by atoms with van der Waals surface area (Å²) >= 11 is 34.1. The summed E-state index contributed by atoms with van der Waals surface area (Å²) in [7, 11) is 0. The first-order chi connectivity index (χ1) is 7.27. The zero-order chi connectivity index (χ0) is 13.0. The molecule has 0 amide bonds. The van der Waals surface area contributed by atoms with E-state index in [1.54, 1.807) is 0 Å². The van der Waals surface area contributed by atoms with Crippen LogP contribution in [0.2, 0.25) is 0 Å². The molecule has 0 fully saturated rings. The van der Waals surface area contributed by atoms with Crippen LogP contribution < -0.4 is 0 Å². The maximum atomic E-state index is 4.96. The molecular weight excluding hydrogens is 356 g/mol. The Morgan fingerprint density at radius 3 is 0.938 bits per heavy atom. The lowest BCUT2D eigenvalue weighted by atomic mass is 10.4. The van der Waals surface area contributed by atoms with Crippen molar-refractivity contribution < 1.29 is 0 Å². The van der Waals surface area contributed by atoms with E-state index in [0.717, 1.165) is 5.54 Å². The monoisotopic (exact) mass is 360 g/mol. The molecule has 0 radical (unpaired) electrons. The molecule has 0 saturated carbocycles. The van der Waals surface area contributed by atoms with Gasteiger partial charge in [0.05, 0.1) is 0 Å². The first kappa shape index (κ1) is 19.3. The summed E-state index contributed by atoms with van der Waals surface area (Å²) in [5.74, 6) is 0. The van der Waals surface area contributed by atoms with Crippen LogP contribution in [0, 0.1) is 0 Å².